The lowest BCUT2D eigenvalue weighted by Crippen LogP contribution is -2.08. The van der Waals surface area contributed by atoms with Crippen LogP contribution in [0.1, 0.15) is 13.3 Å². The molecule has 0 aliphatic carbocycles. The molecule has 1 N–H and O–H groups in total. The predicted octanol–water partition coefficient (Wildman–Crippen LogP) is 1.19. The third-order valence-electron chi connectivity index (χ3n) is 1.14. The van der Waals surface area contributed by atoms with Gasteiger partial charge >= 0.3 is 5.97 Å². The third-order valence-corrected chi connectivity index (χ3v) is 1.14. The Kier molecular flexibility index (Phi) is 5.11. The molecule has 0 aliphatic heterocycles. The first-order valence-electron chi connectivity index (χ1n) is 3.68. The van der Waals surface area contributed by atoms with Crippen LogP contribution >= 0.6 is 0 Å². The van der Waals surface area contributed by atoms with Gasteiger partial charge < -0.3 is 5.11 Å². The average Bonchev–Trinajstić information content (AvgIpc) is 2.02. The van der Waals surface area contributed by atoms with Crippen molar-refractivity contribution in [2.45, 2.75) is 13.3 Å². The predicted molar refractivity (Wildman–Crippen MR) is 49.7 cm³/mol. The fourth-order valence-corrected chi connectivity index (χ4v) is 0.687. The number of ketones is 1. The van der Waals surface area contributed by atoms with Gasteiger partial charge in [-0.05, 0) is 13.0 Å². The quantitative estimate of drug-likeness (QED) is 0.300. The largest absolute Gasteiger partial charge is 0.481 e. The summed E-state index contributed by atoms with van der Waals surface area (Å²) < 4.78 is 0. The van der Waals surface area contributed by atoms with Crippen LogP contribution in [0.15, 0.2) is 29.4 Å². The molecule has 0 unspecified atom stereocenters. The number of Topliss-reactive ketones (excluding diaryl/α,β-unsaturated/α-hetero) is 1. The fourth-order valence-electron chi connectivity index (χ4n) is 0.687. The molecule has 13 heavy (non-hydrogen) atoms. The molecule has 0 aromatic rings. The molecular formula is C9H11NO3. The number of carboxylic acid groups (broad SMARTS) is 1. The van der Waals surface area contributed by atoms with E-state index in [1.54, 1.807) is 6.92 Å². The fraction of sp³-hybridized carbons (Fsp3) is 0.222. The highest BCUT2D eigenvalue weighted by Crippen LogP contribution is 2.02. The van der Waals surface area contributed by atoms with E-state index in [1.165, 1.54) is 18.4 Å². The van der Waals surface area contributed by atoms with Crippen LogP contribution in [0.5, 0.6) is 0 Å². The smallest absolute Gasteiger partial charge is 0.311 e. The van der Waals surface area contributed by atoms with Crippen molar-refractivity contribution < 1.29 is 14.7 Å². The molecule has 0 aromatic heterocycles. The van der Waals surface area contributed by atoms with E-state index in [2.05, 4.69) is 11.6 Å². The highest BCUT2D eigenvalue weighted by atomic mass is 16.4. The molecule has 0 radical (unpaired) electrons. The summed E-state index contributed by atoms with van der Waals surface area (Å²) in [6, 6.07) is 0. The Hall–Kier alpha value is -1.71. The van der Waals surface area contributed by atoms with Crippen LogP contribution in [0.3, 0.4) is 0 Å². The topological polar surface area (TPSA) is 66.7 Å². The van der Waals surface area contributed by atoms with E-state index in [4.69, 9.17) is 5.11 Å². The number of carbonyl (C=O) groups excluding carboxylic acids is 1. The SMILES string of the molecule is C=C/C=C(\N=CC)C(=O)CC(=O)O. The number of hydrogen-bond donors (Lipinski definition) is 1. The second-order valence-electron chi connectivity index (χ2n) is 2.17. The molecule has 0 aromatic carbocycles. The van der Waals surface area contributed by atoms with Gasteiger partial charge in [0.05, 0.1) is 0 Å². The van der Waals surface area contributed by atoms with Crippen LogP contribution in [0.25, 0.3) is 0 Å². The molecule has 0 atom stereocenters. The first kappa shape index (κ1) is 11.3. The molecule has 0 saturated heterocycles. The van der Waals surface area contributed by atoms with Gasteiger partial charge in [0.25, 0.3) is 0 Å². The first-order chi connectivity index (χ1) is 6.11. The summed E-state index contributed by atoms with van der Waals surface area (Å²) in [5, 5.41) is 8.34. The van der Waals surface area contributed by atoms with Crippen LogP contribution in [-0.2, 0) is 9.59 Å². The minimum atomic E-state index is -1.16. The van der Waals surface area contributed by atoms with Gasteiger partial charge in [-0.3, -0.25) is 14.6 Å². The summed E-state index contributed by atoms with van der Waals surface area (Å²) >= 11 is 0. The normalized spacial score (nSPS) is 11.6. The summed E-state index contributed by atoms with van der Waals surface area (Å²) in [7, 11) is 0. The zero-order valence-electron chi connectivity index (χ0n) is 7.36. The Balaban J connectivity index is 4.56. The van der Waals surface area contributed by atoms with E-state index < -0.39 is 18.2 Å². The Morgan fingerprint density at radius 1 is 1.54 bits per heavy atom. The zero-order chi connectivity index (χ0) is 10.3. The minimum Gasteiger partial charge on any atom is -0.481 e. The van der Waals surface area contributed by atoms with Crippen molar-refractivity contribution >= 4 is 18.0 Å². The number of nitrogens with zero attached hydrogens (tertiary/aromatic N) is 1. The van der Waals surface area contributed by atoms with Gasteiger partial charge in [0.15, 0.2) is 5.78 Å². The molecule has 0 amide bonds. The summed E-state index contributed by atoms with van der Waals surface area (Å²) in [6.07, 6.45) is 3.65. The highest BCUT2D eigenvalue weighted by Gasteiger charge is 2.11. The van der Waals surface area contributed by atoms with E-state index >= 15 is 0 Å². The lowest BCUT2D eigenvalue weighted by Gasteiger charge is -1.95. The van der Waals surface area contributed by atoms with Crippen molar-refractivity contribution in [1.29, 1.82) is 0 Å². The van der Waals surface area contributed by atoms with Crippen molar-refractivity contribution in [1.82, 2.24) is 0 Å². The Bertz CT molecular complexity index is 277. The van der Waals surface area contributed by atoms with Gasteiger partial charge in [-0.1, -0.05) is 12.7 Å². The minimum absolute atomic E-state index is 0.111. The summed E-state index contributed by atoms with van der Waals surface area (Å²) in [4.78, 5) is 25.0. The Labute approximate surface area is 76.3 Å². The van der Waals surface area contributed by atoms with Crippen LogP contribution in [0.2, 0.25) is 0 Å². The first-order valence-corrected chi connectivity index (χ1v) is 3.68. The van der Waals surface area contributed by atoms with Crippen molar-refractivity contribution in [2.75, 3.05) is 0 Å². The maximum absolute atomic E-state index is 11.1. The third kappa shape index (κ3) is 4.68. The molecule has 0 fully saturated rings. The number of carbonyl (C=O) groups is 2. The lowest BCUT2D eigenvalue weighted by atomic mass is 10.2. The number of allylic oxidation sites excluding steroid dienone is 3. The monoisotopic (exact) mass is 181 g/mol. The zero-order valence-corrected chi connectivity index (χ0v) is 7.36. The molecular weight excluding hydrogens is 170 g/mol. The van der Waals surface area contributed by atoms with E-state index in [1.807, 2.05) is 0 Å². The van der Waals surface area contributed by atoms with Gasteiger partial charge in [-0.25, -0.2) is 0 Å². The summed E-state index contributed by atoms with van der Waals surface area (Å²) in [6.45, 7) is 5.04. The number of rotatable bonds is 5. The molecule has 0 aliphatic rings. The van der Waals surface area contributed by atoms with Crippen molar-refractivity contribution in [2.24, 2.45) is 4.99 Å². The Morgan fingerprint density at radius 2 is 2.15 bits per heavy atom. The molecule has 4 heteroatoms. The van der Waals surface area contributed by atoms with E-state index in [-0.39, 0.29) is 5.70 Å². The second-order valence-corrected chi connectivity index (χ2v) is 2.17. The van der Waals surface area contributed by atoms with Crippen molar-refractivity contribution in [3.05, 3.63) is 24.4 Å². The van der Waals surface area contributed by atoms with Gasteiger partial charge in [0.1, 0.15) is 12.1 Å². The number of hydrogen-bond acceptors (Lipinski definition) is 3. The van der Waals surface area contributed by atoms with Crippen LogP contribution in [-0.4, -0.2) is 23.1 Å². The number of aliphatic carboxylic acids is 1. The van der Waals surface area contributed by atoms with Crippen molar-refractivity contribution in [3.63, 3.8) is 0 Å². The molecule has 4 nitrogen and oxygen atoms in total. The van der Waals surface area contributed by atoms with E-state index in [0.29, 0.717) is 0 Å². The molecule has 70 valence electrons. The maximum atomic E-state index is 11.1. The molecule has 0 heterocycles. The number of aliphatic imine (C=N–C) groups is 1. The van der Waals surface area contributed by atoms with E-state index in [0.717, 1.165) is 0 Å². The highest BCUT2D eigenvalue weighted by molar-refractivity contribution is 6.05. The second kappa shape index (κ2) is 5.88. The van der Waals surface area contributed by atoms with Crippen molar-refractivity contribution in [3.8, 4) is 0 Å². The van der Waals surface area contributed by atoms with Crippen LogP contribution in [0, 0.1) is 0 Å². The van der Waals surface area contributed by atoms with Gasteiger partial charge in [0.2, 0.25) is 0 Å². The molecule has 0 spiro atoms. The summed E-state index contributed by atoms with van der Waals surface area (Å²) in [5.41, 5.74) is 0.111. The van der Waals surface area contributed by atoms with Gasteiger partial charge in [0, 0.05) is 6.21 Å². The Morgan fingerprint density at radius 3 is 2.54 bits per heavy atom. The lowest BCUT2D eigenvalue weighted by molar-refractivity contribution is -0.139. The van der Waals surface area contributed by atoms with Crippen LogP contribution in [0.4, 0.5) is 0 Å². The summed E-state index contributed by atoms with van der Waals surface area (Å²) in [5.74, 6) is -1.68. The van der Waals surface area contributed by atoms with Gasteiger partial charge in [-0.2, -0.15) is 0 Å². The molecule has 0 saturated carbocycles. The maximum Gasteiger partial charge on any atom is 0.311 e. The van der Waals surface area contributed by atoms with Gasteiger partial charge in [-0.15, -0.1) is 0 Å². The molecule has 0 bridgehead atoms. The number of carboxylic acids is 1. The standard InChI is InChI=1S/C9H11NO3/c1-3-5-7(10-4-2)8(11)6-9(12)13/h3-5H,1,6H2,2H3,(H,12,13)/b7-5-,10-4?. The average molecular weight is 181 g/mol. The van der Waals surface area contributed by atoms with Crippen LogP contribution < -0.4 is 0 Å². The van der Waals surface area contributed by atoms with E-state index in [9.17, 15) is 9.59 Å². The molecule has 0 rings (SSSR count).